The van der Waals surface area contributed by atoms with Gasteiger partial charge in [-0.1, -0.05) is 0 Å². The van der Waals surface area contributed by atoms with Crippen LogP contribution in [0.5, 0.6) is 11.5 Å². The molecule has 18 heavy (non-hydrogen) atoms. The summed E-state index contributed by atoms with van der Waals surface area (Å²) in [5.74, 6) is 0.852. The Morgan fingerprint density at radius 1 is 1.39 bits per heavy atom. The third-order valence-corrected chi connectivity index (χ3v) is 2.74. The highest BCUT2D eigenvalue weighted by atomic mass is 79.9. The highest BCUT2D eigenvalue weighted by Gasteiger charge is 2.10. The Morgan fingerprint density at radius 2 is 2.11 bits per heavy atom. The lowest BCUT2D eigenvalue weighted by atomic mass is 10.2. The lowest BCUT2D eigenvalue weighted by molar-refractivity contribution is -0.134. The molecular weight excluding hydrogens is 300 g/mol. The Morgan fingerprint density at radius 3 is 2.67 bits per heavy atom. The number of esters is 1. The predicted molar refractivity (Wildman–Crippen MR) is 72.9 cm³/mol. The van der Waals surface area contributed by atoms with Crippen molar-refractivity contribution in [2.24, 2.45) is 0 Å². The molecule has 0 saturated heterocycles. The van der Waals surface area contributed by atoms with Gasteiger partial charge in [-0.2, -0.15) is 0 Å². The Balaban J connectivity index is 3.06. The molecular formula is C13H15BrO4. The van der Waals surface area contributed by atoms with Gasteiger partial charge >= 0.3 is 5.97 Å². The first kappa shape index (κ1) is 14.6. The minimum atomic E-state index is -0.404. The number of halogens is 1. The molecule has 0 aliphatic rings. The van der Waals surface area contributed by atoms with E-state index in [1.807, 2.05) is 13.0 Å². The van der Waals surface area contributed by atoms with Crippen molar-refractivity contribution in [2.45, 2.75) is 6.92 Å². The molecule has 0 fully saturated rings. The standard InChI is InChI=1S/C13H15BrO4/c1-4-18-13-10(14)7-9(8-11(13)16-2)5-6-12(15)17-3/h5-8H,4H2,1-3H3/b6-5+. The summed E-state index contributed by atoms with van der Waals surface area (Å²) in [6, 6.07) is 3.63. The fraction of sp³-hybridized carbons (Fsp3) is 0.308. The van der Waals surface area contributed by atoms with E-state index in [0.29, 0.717) is 18.1 Å². The van der Waals surface area contributed by atoms with Gasteiger partial charge in [0.2, 0.25) is 0 Å². The summed E-state index contributed by atoms with van der Waals surface area (Å²) in [5, 5.41) is 0. The van der Waals surface area contributed by atoms with Crippen LogP contribution >= 0.6 is 15.9 Å². The van der Waals surface area contributed by atoms with E-state index in [0.717, 1.165) is 10.0 Å². The lowest BCUT2D eigenvalue weighted by Gasteiger charge is -2.12. The Hall–Kier alpha value is -1.49. The van der Waals surface area contributed by atoms with Gasteiger partial charge in [-0.25, -0.2) is 4.79 Å². The summed E-state index contributed by atoms with van der Waals surface area (Å²) in [6.07, 6.45) is 3.00. The summed E-state index contributed by atoms with van der Waals surface area (Å²) in [5.41, 5.74) is 0.813. The van der Waals surface area contributed by atoms with Crippen molar-refractivity contribution >= 4 is 28.0 Å². The van der Waals surface area contributed by atoms with Crippen LogP contribution in [-0.4, -0.2) is 26.8 Å². The fourth-order valence-electron chi connectivity index (χ4n) is 1.35. The molecule has 0 aliphatic heterocycles. The van der Waals surface area contributed by atoms with Crippen LogP contribution in [0, 0.1) is 0 Å². The first-order chi connectivity index (χ1) is 8.62. The first-order valence-corrected chi connectivity index (χ1v) is 6.18. The molecule has 0 bridgehead atoms. The molecule has 5 heteroatoms. The number of benzene rings is 1. The van der Waals surface area contributed by atoms with Crippen LogP contribution in [-0.2, 0) is 9.53 Å². The van der Waals surface area contributed by atoms with E-state index in [9.17, 15) is 4.79 Å². The van der Waals surface area contributed by atoms with Gasteiger partial charge in [0.15, 0.2) is 11.5 Å². The molecule has 0 amide bonds. The monoisotopic (exact) mass is 314 g/mol. The van der Waals surface area contributed by atoms with Gasteiger partial charge in [0.25, 0.3) is 0 Å². The van der Waals surface area contributed by atoms with Crippen molar-refractivity contribution in [3.8, 4) is 11.5 Å². The van der Waals surface area contributed by atoms with Crippen molar-refractivity contribution in [1.82, 2.24) is 0 Å². The predicted octanol–water partition coefficient (Wildman–Crippen LogP) is 3.04. The SMILES string of the molecule is CCOc1c(Br)cc(/C=C/C(=O)OC)cc1OC. The van der Waals surface area contributed by atoms with Gasteiger partial charge in [0.1, 0.15) is 0 Å². The zero-order valence-corrected chi connectivity index (χ0v) is 12.1. The van der Waals surface area contributed by atoms with Crippen LogP contribution < -0.4 is 9.47 Å². The molecule has 0 aliphatic carbocycles. The zero-order chi connectivity index (χ0) is 13.5. The summed E-state index contributed by atoms with van der Waals surface area (Å²) < 4.78 is 16.0. The maximum atomic E-state index is 11.0. The second-order valence-electron chi connectivity index (χ2n) is 3.32. The van der Waals surface area contributed by atoms with E-state index in [2.05, 4.69) is 20.7 Å². The quantitative estimate of drug-likeness (QED) is 0.619. The third-order valence-electron chi connectivity index (χ3n) is 2.15. The maximum absolute atomic E-state index is 11.0. The van der Waals surface area contributed by atoms with Crippen molar-refractivity contribution < 1.29 is 19.0 Å². The number of hydrogen-bond acceptors (Lipinski definition) is 4. The van der Waals surface area contributed by atoms with Crippen molar-refractivity contribution in [1.29, 1.82) is 0 Å². The van der Waals surface area contributed by atoms with Gasteiger partial charge < -0.3 is 14.2 Å². The second-order valence-corrected chi connectivity index (χ2v) is 4.18. The molecule has 0 atom stereocenters. The van der Waals surface area contributed by atoms with Crippen LogP contribution in [0.2, 0.25) is 0 Å². The number of carbonyl (C=O) groups excluding carboxylic acids is 1. The molecule has 0 unspecified atom stereocenters. The molecule has 0 heterocycles. The molecule has 0 saturated carbocycles. The highest BCUT2D eigenvalue weighted by Crippen LogP contribution is 2.36. The number of hydrogen-bond donors (Lipinski definition) is 0. The Labute approximate surface area is 115 Å². The lowest BCUT2D eigenvalue weighted by Crippen LogP contribution is -1.97. The van der Waals surface area contributed by atoms with E-state index in [1.54, 1.807) is 19.3 Å². The highest BCUT2D eigenvalue weighted by molar-refractivity contribution is 9.10. The number of rotatable bonds is 5. The molecule has 0 spiro atoms. The fourth-order valence-corrected chi connectivity index (χ4v) is 1.93. The Bertz CT molecular complexity index is 455. The van der Waals surface area contributed by atoms with E-state index in [1.165, 1.54) is 13.2 Å². The molecule has 0 N–H and O–H groups in total. The molecule has 1 aromatic carbocycles. The molecule has 0 radical (unpaired) electrons. The van der Waals surface area contributed by atoms with E-state index >= 15 is 0 Å². The van der Waals surface area contributed by atoms with Crippen LogP contribution in [0.4, 0.5) is 0 Å². The minimum absolute atomic E-state index is 0.404. The summed E-state index contributed by atoms with van der Waals surface area (Å²) in [6.45, 7) is 2.45. The van der Waals surface area contributed by atoms with Gasteiger partial charge in [-0.15, -0.1) is 0 Å². The third kappa shape index (κ3) is 3.77. The van der Waals surface area contributed by atoms with Crippen molar-refractivity contribution in [2.75, 3.05) is 20.8 Å². The van der Waals surface area contributed by atoms with Crippen molar-refractivity contribution in [3.05, 3.63) is 28.2 Å². The van der Waals surface area contributed by atoms with Gasteiger partial charge in [-0.3, -0.25) is 0 Å². The van der Waals surface area contributed by atoms with Crippen LogP contribution in [0.1, 0.15) is 12.5 Å². The summed E-state index contributed by atoms with van der Waals surface area (Å²) in [7, 11) is 2.90. The van der Waals surface area contributed by atoms with Gasteiger partial charge in [0.05, 0.1) is 25.3 Å². The molecule has 1 rings (SSSR count). The van der Waals surface area contributed by atoms with E-state index in [4.69, 9.17) is 9.47 Å². The summed E-state index contributed by atoms with van der Waals surface area (Å²) >= 11 is 3.41. The van der Waals surface area contributed by atoms with Crippen LogP contribution in [0.25, 0.3) is 6.08 Å². The van der Waals surface area contributed by atoms with E-state index < -0.39 is 5.97 Å². The maximum Gasteiger partial charge on any atom is 0.330 e. The topological polar surface area (TPSA) is 44.8 Å². The minimum Gasteiger partial charge on any atom is -0.493 e. The van der Waals surface area contributed by atoms with Gasteiger partial charge in [0, 0.05) is 6.08 Å². The summed E-state index contributed by atoms with van der Waals surface area (Å²) in [4.78, 5) is 11.0. The number of ether oxygens (including phenoxy) is 3. The van der Waals surface area contributed by atoms with Crippen LogP contribution in [0.3, 0.4) is 0 Å². The van der Waals surface area contributed by atoms with Crippen LogP contribution in [0.15, 0.2) is 22.7 Å². The Kier molecular flexibility index (Phi) is 5.71. The van der Waals surface area contributed by atoms with Gasteiger partial charge in [-0.05, 0) is 46.6 Å². The molecule has 0 aromatic heterocycles. The normalized spacial score (nSPS) is 10.4. The average Bonchev–Trinajstić information content (AvgIpc) is 2.38. The molecule has 4 nitrogen and oxygen atoms in total. The second kappa shape index (κ2) is 7.06. The van der Waals surface area contributed by atoms with Crippen molar-refractivity contribution in [3.63, 3.8) is 0 Å². The molecule has 98 valence electrons. The first-order valence-electron chi connectivity index (χ1n) is 5.38. The number of carbonyl (C=O) groups is 1. The average molecular weight is 315 g/mol. The van der Waals surface area contributed by atoms with E-state index in [-0.39, 0.29) is 0 Å². The smallest absolute Gasteiger partial charge is 0.330 e. The zero-order valence-electron chi connectivity index (χ0n) is 10.5. The molecule has 1 aromatic rings. The largest absolute Gasteiger partial charge is 0.493 e. The number of methoxy groups -OCH3 is 2.